The maximum atomic E-state index is 2.47. The molecule has 2 heteroatoms. The third kappa shape index (κ3) is 6.66. The minimum Gasteiger partial charge on any atom is -0.310 e. The number of hydrogen-bond acceptors (Lipinski definition) is 2. The number of fused-ring (bicyclic) bond motifs is 6. The van der Waals surface area contributed by atoms with Gasteiger partial charge in [-0.3, -0.25) is 0 Å². The van der Waals surface area contributed by atoms with Gasteiger partial charge in [0.05, 0.1) is 11.4 Å². The van der Waals surface area contributed by atoms with Crippen LogP contribution in [0.2, 0.25) is 0 Å². The van der Waals surface area contributed by atoms with Gasteiger partial charge < -0.3 is 9.80 Å². The monoisotopic (exact) mass is 822 g/mol. The van der Waals surface area contributed by atoms with Gasteiger partial charge in [-0.05, 0) is 214 Å². The molecule has 0 fully saturated rings. The second-order valence-corrected chi connectivity index (χ2v) is 17.7. The number of aryl methyl sites for hydroxylation is 6. The highest BCUT2D eigenvalue weighted by Crippen LogP contribution is 2.52. The normalized spacial score (nSPS) is 11.6. The van der Waals surface area contributed by atoms with E-state index in [-0.39, 0.29) is 0 Å². The largest absolute Gasteiger partial charge is 0.310 e. The zero-order valence-electron chi connectivity index (χ0n) is 37.4. The fraction of sp³-hybridized carbons (Fsp3) is 0.0968. The fourth-order valence-corrected chi connectivity index (χ4v) is 10.2. The summed E-state index contributed by atoms with van der Waals surface area (Å²) in [6, 6.07) is 71.9. The van der Waals surface area contributed by atoms with E-state index >= 15 is 0 Å². The number of anilines is 6. The van der Waals surface area contributed by atoms with E-state index in [9.17, 15) is 0 Å². The SMILES string of the molecule is Cc1cc(-c2ccccc2)ccc1N(c1ccc2cc3c(cc2c1)-c1cc2cc(N(c4ccc(-c5ccccc5)cc4C)c4c(C)cccc4C)ccc2cc1-3)c1c(C)cccc1C. The molecular formula is C62H50N2. The Hall–Kier alpha value is -7.68. The summed E-state index contributed by atoms with van der Waals surface area (Å²) in [6.45, 7) is 13.4. The second kappa shape index (κ2) is 15.6. The lowest BCUT2D eigenvalue weighted by atomic mass is 9.78. The van der Waals surface area contributed by atoms with Crippen molar-refractivity contribution >= 4 is 55.7 Å². The highest BCUT2D eigenvalue weighted by atomic mass is 15.2. The topological polar surface area (TPSA) is 6.48 Å². The molecule has 0 atom stereocenters. The summed E-state index contributed by atoms with van der Waals surface area (Å²) in [5.41, 5.74) is 24.8. The predicted molar refractivity (Wildman–Crippen MR) is 275 cm³/mol. The van der Waals surface area contributed by atoms with E-state index in [1.54, 1.807) is 0 Å². The standard InChI is InChI=1S/C62H50N2/c1-39-15-13-16-40(2)61(39)63(59-29-25-47(31-43(59)5)45-19-9-7-10-20-45)53-27-23-49-35-55-56-36-50-24-28-54(34-52(50)38-58(56)57(55)37-51(49)33-53)64(62-41(3)17-14-18-42(62)4)60-30-26-48(32-44(60)6)46-21-11-8-12-22-46/h7-38H,1-6H3. The minimum absolute atomic E-state index is 1.15. The molecule has 2 nitrogen and oxygen atoms in total. The van der Waals surface area contributed by atoms with Crippen LogP contribution in [0.1, 0.15) is 33.4 Å². The van der Waals surface area contributed by atoms with E-state index in [1.807, 2.05) is 0 Å². The van der Waals surface area contributed by atoms with Crippen molar-refractivity contribution in [3.05, 3.63) is 228 Å². The summed E-state index contributed by atoms with van der Waals surface area (Å²) in [7, 11) is 0. The maximum Gasteiger partial charge on any atom is 0.0520 e. The van der Waals surface area contributed by atoms with Crippen molar-refractivity contribution in [3.8, 4) is 44.5 Å². The molecule has 0 aliphatic heterocycles. The van der Waals surface area contributed by atoms with Crippen LogP contribution in [0.15, 0.2) is 194 Å². The van der Waals surface area contributed by atoms with E-state index < -0.39 is 0 Å². The van der Waals surface area contributed by atoms with Crippen LogP contribution >= 0.6 is 0 Å². The van der Waals surface area contributed by atoms with Gasteiger partial charge in [0.1, 0.15) is 0 Å². The smallest absolute Gasteiger partial charge is 0.0520 e. The Morgan fingerprint density at radius 2 is 0.609 bits per heavy atom. The molecule has 0 radical (unpaired) electrons. The van der Waals surface area contributed by atoms with E-state index in [0.29, 0.717) is 0 Å². The quantitative estimate of drug-likeness (QED) is 0.151. The first-order valence-corrected chi connectivity index (χ1v) is 22.4. The molecule has 10 aromatic carbocycles. The van der Waals surface area contributed by atoms with Gasteiger partial charge in [0.2, 0.25) is 0 Å². The van der Waals surface area contributed by atoms with Crippen molar-refractivity contribution in [2.24, 2.45) is 0 Å². The lowest BCUT2D eigenvalue weighted by Crippen LogP contribution is -2.14. The van der Waals surface area contributed by atoms with Crippen LogP contribution in [0.25, 0.3) is 66.1 Å². The zero-order valence-corrected chi connectivity index (χ0v) is 37.4. The minimum atomic E-state index is 1.15. The van der Waals surface area contributed by atoms with Crippen molar-refractivity contribution in [1.82, 2.24) is 0 Å². The highest BCUT2D eigenvalue weighted by molar-refractivity contribution is 6.12. The Morgan fingerprint density at radius 3 is 0.969 bits per heavy atom. The molecule has 1 aliphatic carbocycles. The first-order chi connectivity index (χ1) is 31.2. The van der Waals surface area contributed by atoms with Gasteiger partial charge in [-0.15, -0.1) is 0 Å². The molecule has 11 rings (SSSR count). The summed E-state index contributed by atoms with van der Waals surface area (Å²) in [5.74, 6) is 0. The molecule has 0 bridgehead atoms. The molecule has 0 saturated heterocycles. The lowest BCUT2D eigenvalue weighted by molar-refractivity contribution is 1.20. The molecule has 1 aliphatic rings. The maximum absolute atomic E-state index is 2.47. The zero-order chi connectivity index (χ0) is 43.6. The van der Waals surface area contributed by atoms with Gasteiger partial charge >= 0.3 is 0 Å². The van der Waals surface area contributed by atoms with Crippen LogP contribution in [-0.4, -0.2) is 0 Å². The average molecular weight is 823 g/mol. The summed E-state index contributed by atoms with van der Waals surface area (Å²) >= 11 is 0. The average Bonchev–Trinajstić information content (AvgIpc) is 3.31. The Morgan fingerprint density at radius 1 is 0.250 bits per heavy atom. The van der Waals surface area contributed by atoms with Gasteiger partial charge in [-0.1, -0.05) is 121 Å². The molecule has 0 heterocycles. The van der Waals surface area contributed by atoms with Crippen molar-refractivity contribution in [1.29, 1.82) is 0 Å². The Bertz CT molecular complexity index is 3180. The van der Waals surface area contributed by atoms with Crippen LogP contribution in [0.5, 0.6) is 0 Å². The Labute approximate surface area is 377 Å². The van der Waals surface area contributed by atoms with Crippen LogP contribution in [0.4, 0.5) is 34.1 Å². The third-order valence-electron chi connectivity index (χ3n) is 13.4. The van der Waals surface area contributed by atoms with E-state index in [4.69, 9.17) is 0 Å². The summed E-state index contributed by atoms with van der Waals surface area (Å²) < 4.78 is 0. The molecule has 0 amide bonds. The van der Waals surface area contributed by atoms with Crippen LogP contribution in [0, 0.1) is 41.5 Å². The number of hydrogen-bond donors (Lipinski definition) is 0. The first kappa shape index (κ1) is 39.2. The highest BCUT2D eigenvalue weighted by Gasteiger charge is 2.26. The third-order valence-corrected chi connectivity index (χ3v) is 13.4. The molecule has 64 heavy (non-hydrogen) atoms. The Kier molecular flexibility index (Phi) is 9.55. The summed E-state index contributed by atoms with van der Waals surface area (Å²) in [6.07, 6.45) is 0. The molecular weight excluding hydrogens is 773 g/mol. The number of benzene rings is 10. The van der Waals surface area contributed by atoms with Crippen LogP contribution in [-0.2, 0) is 0 Å². The van der Waals surface area contributed by atoms with Crippen molar-refractivity contribution in [2.75, 3.05) is 9.80 Å². The molecule has 0 N–H and O–H groups in total. The van der Waals surface area contributed by atoms with Gasteiger partial charge in [-0.25, -0.2) is 0 Å². The number of rotatable bonds is 8. The van der Waals surface area contributed by atoms with Crippen molar-refractivity contribution in [2.45, 2.75) is 41.5 Å². The van der Waals surface area contributed by atoms with Gasteiger partial charge in [0, 0.05) is 22.7 Å². The van der Waals surface area contributed by atoms with E-state index in [1.165, 1.54) is 122 Å². The van der Waals surface area contributed by atoms with E-state index in [2.05, 4.69) is 245 Å². The van der Waals surface area contributed by atoms with Crippen molar-refractivity contribution in [3.63, 3.8) is 0 Å². The molecule has 308 valence electrons. The van der Waals surface area contributed by atoms with E-state index in [0.717, 1.165) is 11.4 Å². The molecule has 0 aromatic heterocycles. The summed E-state index contributed by atoms with van der Waals surface area (Å²) in [4.78, 5) is 4.94. The molecule has 10 aromatic rings. The van der Waals surface area contributed by atoms with Gasteiger partial charge in [0.15, 0.2) is 0 Å². The first-order valence-electron chi connectivity index (χ1n) is 22.4. The van der Waals surface area contributed by atoms with Gasteiger partial charge in [0.25, 0.3) is 0 Å². The number of para-hydroxylation sites is 2. The Balaban J connectivity index is 1.00. The summed E-state index contributed by atoms with van der Waals surface area (Å²) in [5, 5.41) is 4.97. The fourth-order valence-electron chi connectivity index (χ4n) is 10.2. The lowest BCUT2D eigenvalue weighted by Gasteiger charge is -2.31. The van der Waals surface area contributed by atoms with Crippen LogP contribution in [0.3, 0.4) is 0 Å². The molecule has 0 saturated carbocycles. The molecule has 0 unspecified atom stereocenters. The van der Waals surface area contributed by atoms with Crippen LogP contribution < -0.4 is 9.80 Å². The van der Waals surface area contributed by atoms with Gasteiger partial charge in [-0.2, -0.15) is 0 Å². The predicted octanol–water partition coefficient (Wildman–Crippen LogP) is 17.8. The van der Waals surface area contributed by atoms with Crippen molar-refractivity contribution < 1.29 is 0 Å². The number of nitrogens with zero attached hydrogens (tertiary/aromatic N) is 2. The second-order valence-electron chi connectivity index (χ2n) is 17.7. The molecule has 0 spiro atoms.